The number of halogens is 1. The third kappa shape index (κ3) is 4.65. The number of nitrogens with one attached hydrogen (secondary N) is 1. The van der Waals surface area contributed by atoms with E-state index in [1.165, 1.54) is 24.5 Å². The van der Waals surface area contributed by atoms with Crippen molar-refractivity contribution in [3.63, 3.8) is 0 Å². The van der Waals surface area contributed by atoms with Crippen LogP contribution < -0.4 is 10.2 Å². The molecule has 1 aromatic heterocycles. The normalized spacial score (nSPS) is 12.4. The summed E-state index contributed by atoms with van der Waals surface area (Å²) in [6.07, 6.45) is 1.36. The fourth-order valence-electron chi connectivity index (χ4n) is 2.86. The second-order valence-corrected chi connectivity index (χ2v) is 8.79. The zero-order chi connectivity index (χ0) is 21.0. The van der Waals surface area contributed by atoms with Crippen molar-refractivity contribution < 1.29 is 22.0 Å². The molecule has 3 rings (SSSR count). The molecule has 0 saturated heterocycles. The summed E-state index contributed by atoms with van der Waals surface area (Å²) in [6, 6.07) is 14.7. The molecule has 1 amide bonds. The maximum atomic E-state index is 13.3. The molecule has 0 aliphatic heterocycles. The first-order valence-electron chi connectivity index (χ1n) is 8.87. The number of carbonyl (C=O) groups excluding carboxylic acids is 1. The van der Waals surface area contributed by atoms with Gasteiger partial charge < -0.3 is 14.6 Å². The van der Waals surface area contributed by atoms with E-state index in [1.54, 1.807) is 30.3 Å². The molecule has 1 atom stereocenters. The number of benzene rings is 2. The van der Waals surface area contributed by atoms with Crippen molar-refractivity contribution in [1.29, 1.82) is 0 Å². The third-order valence-electron chi connectivity index (χ3n) is 4.49. The molecule has 3 aromatic rings. The standard InChI is InChI=1S/C21H21FN2O4S/c1-24(2)17-9-5-15(6-10-17)20(14-23-21(25)19-4-3-13-28-19)29(26,27)18-11-7-16(22)8-12-18/h3-13,20H,14H2,1-2H3,(H,23,25)/t20-/m1/s1. The lowest BCUT2D eigenvalue weighted by molar-refractivity contribution is 0.0926. The fourth-order valence-corrected chi connectivity index (χ4v) is 4.52. The average Bonchev–Trinajstić information content (AvgIpc) is 3.23. The van der Waals surface area contributed by atoms with E-state index < -0.39 is 26.8 Å². The molecule has 152 valence electrons. The molecule has 6 nitrogen and oxygen atoms in total. The van der Waals surface area contributed by atoms with E-state index in [9.17, 15) is 17.6 Å². The number of hydrogen-bond acceptors (Lipinski definition) is 5. The number of hydrogen-bond donors (Lipinski definition) is 1. The molecule has 0 aliphatic rings. The molecule has 0 spiro atoms. The van der Waals surface area contributed by atoms with Gasteiger partial charge in [0.25, 0.3) is 5.91 Å². The van der Waals surface area contributed by atoms with Crippen molar-refractivity contribution in [3.05, 3.63) is 84.1 Å². The molecule has 0 fully saturated rings. The van der Waals surface area contributed by atoms with Crippen LogP contribution in [0.25, 0.3) is 0 Å². The van der Waals surface area contributed by atoms with Crippen LogP contribution in [-0.2, 0) is 9.84 Å². The topological polar surface area (TPSA) is 79.6 Å². The maximum absolute atomic E-state index is 13.3. The number of furan rings is 1. The van der Waals surface area contributed by atoms with Crippen molar-refractivity contribution in [2.45, 2.75) is 10.1 Å². The summed E-state index contributed by atoms with van der Waals surface area (Å²) in [7, 11) is -0.133. The van der Waals surface area contributed by atoms with Crippen molar-refractivity contribution >= 4 is 21.4 Å². The van der Waals surface area contributed by atoms with E-state index in [1.807, 2.05) is 19.0 Å². The second kappa shape index (κ2) is 8.48. The lowest BCUT2D eigenvalue weighted by atomic mass is 10.1. The maximum Gasteiger partial charge on any atom is 0.287 e. The molecule has 0 aliphatic carbocycles. The predicted octanol–water partition coefficient (Wildman–Crippen LogP) is 3.43. The van der Waals surface area contributed by atoms with Crippen LogP contribution in [0.2, 0.25) is 0 Å². The summed E-state index contributed by atoms with van der Waals surface area (Å²) in [5.41, 5.74) is 1.42. The highest BCUT2D eigenvalue weighted by Gasteiger charge is 2.30. The fraction of sp³-hybridized carbons (Fsp3) is 0.190. The van der Waals surface area contributed by atoms with Crippen molar-refractivity contribution in [3.8, 4) is 0 Å². The molecule has 1 heterocycles. The van der Waals surface area contributed by atoms with E-state index in [-0.39, 0.29) is 17.2 Å². The van der Waals surface area contributed by atoms with E-state index in [0.717, 1.165) is 17.8 Å². The highest BCUT2D eigenvalue weighted by atomic mass is 32.2. The van der Waals surface area contributed by atoms with Crippen LogP contribution in [0.4, 0.5) is 10.1 Å². The van der Waals surface area contributed by atoms with Crippen LogP contribution >= 0.6 is 0 Å². The van der Waals surface area contributed by atoms with E-state index in [2.05, 4.69) is 5.32 Å². The van der Waals surface area contributed by atoms with Gasteiger partial charge in [-0.05, 0) is 54.1 Å². The quantitative estimate of drug-likeness (QED) is 0.597. The minimum atomic E-state index is -3.89. The van der Waals surface area contributed by atoms with Gasteiger partial charge in [-0.3, -0.25) is 4.79 Å². The Morgan fingerprint density at radius 2 is 1.72 bits per heavy atom. The average molecular weight is 416 g/mol. The zero-order valence-electron chi connectivity index (χ0n) is 16.0. The van der Waals surface area contributed by atoms with Gasteiger partial charge in [-0.25, -0.2) is 12.8 Å². The van der Waals surface area contributed by atoms with Gasteiger partial charge in [-0.15, -0.1) is 0 Å². The SMILES string of the molecule is CN(C)c1ccc([C@@H](CNC(=O)c2ccco2)S(=O)(=O)c2ccc(F)cc2)cc1. The molecule has 29 heavy (non-hydrogen) atoms. The van der Waals surface area contributed by atoms with Crippen molar-refractivity contribution in [1.82, 2.24) is 5.32 Å². The molecule has 0 unspecified atom stereocenters. The van der Waals surface area contributed by atoms with Gasteiger partial charge in [0, 0.05) is 26.3 Å². The number of rotatable bonds is 7. The largest absolute Gasteiger partial charge is 0.459 e. The Hall–Kier alpha value is -3.13. The first-order valence-corrected chi connectivity index (χ1v) is 10.4. The highest BCUT2D eigenvalue weighted by molar-refractivity contribution is 7.91. The molecule has 0 saturated carbocycles. The van der Waals surface area contributed by atoms with Crippen LogP contribution in [0.3, 0.4) is 0 Å². The first-order chi connectivity index (χ1) is 13.8. The summed E-state index contributed by atoms with van der Waals surface area (Å²) in [6.45, 7) is -0.166. The summed E-state index contributed by atoms with van der Waals surface area (Å²) in [4.78, 5) is 14.1. The van der Waals surface area contributed by atoms with Gasteiger partial charge in [-0.2, -0.15) is 0 Å². The lowest BCUT2D eigenvalue weighted by Crippen LogP contribution is -2.31. The number of nitrogens with zero attached hydrogens (tertiary/aromatic N) is 1. The monoisotopic (exact) mass is 416 g/mol. The van der Waals surface area contributed by atoms with Gasteiger partial charge in [0.1, 0.15) is 11.1 Å². The van der Waals surface area contributed by atoms with Crippen LogP contribution in [0.15, 0.2) is 76.2 Å². The molecule has 2 aromatic carbocycles. The minimum absolute atomic E-state index is 0.0205. The van der Waals surface area contributed by atoms with Crippen molar-refractivity contribution in [2.24, 2.45) is 0 Å². The van der Waals surface area contributed by atoms with Crippen LogP contribution in [0.5, 0.6) is 0 Å². The number of anilines is 1. The molecule has 8 heteroatoms. The molecular weight excluding hydrogens is 395 g/mol. The van der Waals surface area contributed by atoms with Gasteiger partial charge in [-0.1, -0.05) is 12.1 Å². The number of sulfone groups is 1. The third-order valence-corrected chi connectivity index (χ3v) is 6.61. The van der Waals surface area contributed by atoms with Crippen molar-refractivity contribution in [2.75, 3.05) is 25.5 Å². The Balaban J connectivity index is 1.94. The van der Waals surface area contributed by atoms with Gasteiger partial charge in [0.05, 0.1) is 11.2 Å². The second-order valence-electron chi connectivity index (χ2n) is 6.66. The molecule has 0 bridgehead atoms. The Kier molecular flexibility index (Phi) is 6.03. The highest BCUT2D eigenvalue weighted by Crippen LogP contribution is 2.30. The van der Waals surface area contributed by atoms with Crippen LogP contribution in [0.1, 0.15) is 21.4 Å². The Morgan fingerprint density at radius 3 is 2.28 bits per heavy atom. The van der Waals surface area contributed by atoms with E-state index in [4.69, 9.17) is 4.42 Å². The smallest absolute Gasteiger partial charge is 0.287 e. The molecule has 0 radical (unpaired) electrons. The van der Waals surface area contributed by atoms with Crippen LogP contribution in [-0.4, -0.2) is 35.0 Å². The minimum Gasteiger partial charge on any atom is -0.459 e. The Labute approximate surface area is 168 Å². The van der Waals surface area contributed by atoms with Crippen LogP contribution in [0, 0.1) is 5.82 Å². The van der Waals surface area contributed by atoms with Gasteiger partial charge in [0.15, 0.2) is 15.6 Å². The summed E-state index contributed by atoms with van der Waals surface area (Å²) in [5.74, 6) is -0.952. The number of amides is 1. The lowest BCUT2D eigenvalue weighted by Gasteiger charge is -2.20. The number of carbonyl (C=O) groups is 1. The summed E-state index contributed by atoms with van der Waals surface area (Å²) < 4.78 is 44.8. The van der Waals surface area contributed by atoms with E-state index in [0.29, 0.717) is 5.56 Å². The summed E-state index contributed by atoms with van der Waals surface area (Å²) >= 11 is 0. The molecule has 1 N–H and O–H groups in total. The predicted molar refractivity (Wildman–Crippen MR) is 108 cm³/mol. The Bertz CT molecular complexity index is 1060. The Morgan fingerprint density at radius 1 is 1.07 bits per heavy atom. The zero-order valence-corrected chi connectivity index (χ0v) is 16.8. The van der Waals surface area contributed by atoms with E-state index >= 15 is 0 Å². The summed E-state index contributed by atoms with van der Waals surface area (Å²) in [5, 5.41) is 1.56. The van der Waals surface area contributed by atoms with Gasteiger partial charge in [0.2, 0.25) is 0 Å². The first kappa shape index (κ1) is 20.6. The van der Waals surface area contributed by atoms with Gasteiger partial charge >= 0.3 is 0 Å². The molecular formula is C21H21FN2O4S.